The number of unbranched alkanes of at least 4 members (excludes halogenated alkanes) is 16. The first-order valence-electron chi connectivity index (χ1n) is 22.0. The van der Waals surface area contributed by atoms with E-state index >= 15 is 0 Å². The first-order valence-corrected chi connectivity index (χ1v) is 23.5. The molecule has 0 spiro atoms. The normalized spacial score (nSPS) is 14.4. The first kappa shape index (κ1) is 53.2. The van der Waals surface area contributed by atoms with E-state index in [0.29, 0.717) is 24.1 Å². The molecular weight excluding hydrogens is 709 g/mol. The number of hydrogen-bond donors (Lipinski definition) is 1. The van der Waals surface area contributed by atoms with Gasteiger partial charge in [0.2, 0.25) is 0 Å². The highest BCUT2D eigenvalue weighted by molar-refractivity contribution is 7.47. The van der Waals surface area contributed by atoms with Crippen molar-refractivity contribution in [3.8, 4) is 0 Å². The predicted octanol–water partition coefficient (Wildman–Crippen LogP) is 12.9. The van der Waals surface area contributed by atoms with Crippen molar-refractivity contribution in [3.63, 3.8) is 0 Å². The molecule has 0 aliphatic carbocycles. The van der Waals surface area contributed by atoms with E-state index in [1.807, 2.05) is 21.1 Å². The Labute approximate surface area is 339 Å². The zero-order valence-corrected chi connectivity index (χ0v) is 37.0. The molecule has 0 aliphatic rings. The summed E-state index contributed by atoms with van der Waals surface area (Å²) < 4.78 is 34.9. The van der Waals surface area contributed by atoms with E-state index in [-0.39, 0.29) is 32.2 Å². The smallest absolute Gasteiger partial charge is 0.457 e. The highest BCUT2D eigenvalue weighted by Crippen LogP contribution is 2.43. The molecule has 0 saturated heterocycles. The molecule has 0 rings (SSSR count). The van der Waals surface area contributed by atoms with Crippen molar-refractivity contribution in [2.45, 2.75) is 174 Å². The van der Waals surface area contributed by atoms with Crippen LogP contribution in [0.5, 0.6) is 0 Å². The van der Waals surface area contributed by atoms with E-state index in [1.165, 1.54) is 89.9 Å². The van der Waals surface area contributed by atoms with Crippen molar-refractivity contribution in [1.29, 1.82) is 0 Å². The lowest BCUT2D eigenvalue weighted by atomic mass is 10.0. The van der Waals surface area contributed by atoms with Crippen LogP contribution in [0.25, 0.3) is 0 Å². The first-order chi connectivity index (χ1) is 26.6. The predicted molar refractivity (Wildman–Crippen MR) is 233 cm³/mol. The summed E-state index contributed by atoms with van der Waals surface area (Å²) in [5.74, 6) is -0.370. The molecular formula is C46H85NO7P+. The average molecular weight is 795 g/mol. The van der Waals surface area contributed by atoms with Gasteiger partial charge in [-0.25, -0.2) is 4.57 Å². The largest absolute Gasteiger partial charge is 0.472 e. The van der Waals surface area contributed by atoms with Gasteiger partial charge in [0.05, 0.1) is 34.4 Å². The van der Waals surface area contributed by atoms with Crippen LogP contribution in [0.3, 0.4) is 0 Å². The zero-order valence-electron chi connectivity index (χ0n) is 36.1. The molecule has 0 radical (unpaired) electrons. The number of likely N-dealkylation sites (N-methyl/N-ethyl adjacent to an activating group) is 1. The van der Waals surface area contributed by atoms with Crippen LogP contribution < -0.4 is 0 Å². The summed E-state index contributed by atoms with van der Waals surface area (Å²) in [5, 5.41) is 0. The maximum absolute atomic E-state index is 12.7. The minimum absolute atomic E-state index is 0.0767. The lowest BCUT2D eigenvalue weighted by Crippen LogP contribution is -2.37. The van der Waals surface area contributed by atoms with Gasteiger partial charge in [0.15, 0.2) is 0 Å². The Morgan fingerprint density at radius 1 is 0.582 bits per heavy atom. The van der Waals surface area contributed by atoms with E-state index < -0.39 is 13.9 Å². The van der Waals surface area contributed by atoms with Gasteiger partial charge in [0, 0.05) is 13.0 Å². The second-order valence-corrected chi connectivity index (χ2v) is 17.2. The Morgan fingerprint density at radius 2 is 1.04 bits per heavy atom. The quantitative estimate of drug-likeness (QED) is 0.0217. The maximum Gasteiger partial charge on any atom is 0.472 e. The van der Waals surface area contributed by atoms with Crippen LogP contribution in [0.15, 0.2) is 60.8 Å². The van der Waals surface area contributed by atoms with Crippen molar-refractivity contribution >= 4 is 13.8 Å². The molecule has 1 N–H and O–H groups in total. The van der Waals surface area contributed by atoms with Gasteiger partial charge in [-0.15, -0.1) is 0 Å². The summed E-state index contributed by atoms with van der Waals surface area (Å²) in [4.78, 5) is 22.9. The molecule has 0 amide bonds. The van der Waals surface area contributed by atoms with Gasteiger partial charge in [0.1, 0.15) is 19.3 Å². The molecule has 0 bridgehead atoms. The van der Waals surface area contributed by atoms with E-state index in [1.54, 1.807) is 0 Å². The fourth-order valence-corrected chi connectivity index (χ4v) is 6.45. The maximum atomic E-state index is 12.7. The molecule has 0 saturated carbocycles. The second kappa shape index (κ2) is 39.0. The molecule has 9 heteroatoms. The summed E-state index contributed by atoms with van der Waals surface area (Å²) in [6.07, 6.45) is 48.3. The Hall–Kier alpha value is -1.80. The van der Waals surface area contributed by atoms with Crippen LogP contribution >= 0.6 is 7.82 Å². The van der Waals surface area contributed by atoms with Crippen molar-refractivity contribution in [2.75, 3.05) is 54.1 Å². The molecule has 0 aliphatic heterocycles. The van der Waals surface area contributed by atoms with Gasteiger partial charge < -0.3 is 18.9 Å². The fourth-order valence-electron chi connectivity index (χ4n) is 5.71. The number of phosphoric ester groups is 1. The molecule has 0 aromatic carbocycles. The Balaban J connectivity index is 4.33. The van der Waals surface area contributed by atoms with E-state index in [2.05, 4.69) is 74.6 Å². The Bertz CT molecular complexity index is 1060. The van der Waals surface area contributed by atoms with Crippen LogP contribution in [-0.2, 0) is 27.9 Å². The summed E-state index contributed by atoms with van der Waals surface area (Å²) in [5.41, 5.74) is 0. The van der Waals surface area contributed by atoms with Crippen LogP contribution in [0.1, 0.15) is 168 Å². The van der Waals surface area contributed by atoms with Crippen molar-refractivity contribution < 1.29 is 37.3 Å². The van der Waals surface area contributed by atoms with Crippen molar-refractivity contribution in [2.24, 2.45) is 0 Å². The minimum atomic E-state index is -4.29. The molecule has 0 heterocycles. The minimum Gasteiger partial charge on any atom is -0.457 e. The third-order valence-corrected chi connectivity index (χ3v) is 10.1. The van der Waals surface area contributed by atoms with E-state index in [9.17, 15) is 14.3 Å². The third-order valence-electron chi connectivity index (χ3n) is 9.09. The molecule has 8 nitrogen and oxygen atoms in total. The van der Waals surface area contributed by atoms with Gasteiger partial charge in [-0.2, -0.15) is 0 Å². The number of ether oxygens (including phenoxy) is 2. The molecule has 1 unspecified atom stereocenters. The Kier molecular flexibility index (Phi) is 37.8. The molecule has 2 atom stereocenters. The lowest BCUT2D eigenvalue weighted by molar-refractivity contribution is -0.870. The van der Waals surface area contributed by atoms with Gasteiger partial charge >= 0.3 is 13.8 Å². The molecule has 0 aromatic heterocycles. The number of nitrogens with zero attached hydrogens (tertiary/aromatic N) is 1. The lowest BCUT2D eigenvalue weighted by Gasteiger charge is -2.24. The number of carbonyl (C=O) groups is 1. The molecule has 0 fully saturated rings. The van der Waals surface area contributed by atoms with E-state index in [0.717, 1.165) is 51.4 Å². The van der Waals surface area contributed by atoms with Gasteiger partial charge in [0.25, 0.3) is 0 Å². The monoisotopic (exact) mass is 795 g/mol. The number of carbonyl (C=O) groups excluding carboxylic acids is 1. The van der Waals surface area contributed by atoms with Gasteiger partial charge in [-0.1, -0.05) is 171 Å². The van der Waals surface area contributed by atoms with Gasteiger partial charge in [-0.05, 0) is 51.4 Å². The second-order valence-electron chi connectivity index (χ2n) is 15.7. The SMILES string of the molecule is CC/C=C\C/C=C\C/C=C\C/C=C\C/C=C\CCCC(=O)O[C@H](COCCCCCCCCCCCCCCCCCC)COP(=O)(O)OCC[N+](C)(C)C. The van der Waals surface area contributed by atoms with E-state index in [4.69, 9.17) is 18.5 Å². The summed E-state index contributed by atoms with van der Waals surface area (Å²) >= 11 is 0. The number of esters is 1. The van der Waals surface area contributed by atoms with Crippen LogP contribution in [0.2, 0.25) is 0 Å². The average Bonchev–Trinajstić information content (AvgIpc) is 3.13. The van der Waals surface area contributed by atoms with Crippen molar-refractivity contribution in [3.05, 3.63) is 60.8 Å². The topological polar surface area (TPSA) is 91.3 Å². The van der Waals surface area contributed by atoms with Crippen LogP contribution in [-0.4, -0.2) is 75.6 Å². The summed E-state index contributed by atoms with van der Waals surface area (Å²) in [6.45, 7) is 5.43. The summed E-state index contributed by atoms with van der Waals surface area (Å²) in [7, 11) is 1.63. The number of quaternary nitrogens is 1. The highest BCUT2D eigenvalue weighted by Gasteiger charge is 2.26. The number of hydrogen-bond acceptors (Lipinski definition) is 6. The summed E-state index contributed by atoms with van der Waals surface area (Å²) in [6, 6.07) is 0. The standard InChI is InChI=1S/C46H84NO7P/c1-6-8-10-12-14-16-18-20-22-24-25-27-29-31-33-35-37-39-46(48)54-45(44-53-55(49,50)52-42-40-47(3,4)5)43-51-41-38-36-34-32-30-28-26-23-21-19-17-15-13-11-9-7-2/h8,10,14,16,20,22,25,27,31,33,45H,6-7,9,11-13,15,17-19,21,23-24,26,28-30,32,34-44H2,1-5H3/p+1/b10-8-,16-14-,22-20-,27-25-,33-31-/t45-/m1/s1. The number of allylic oxidation sites excluding steroid dienone is 10. The Morgan fingerprint density at radius 3 is 1.51 bits per heavy atom. The highest BCUT2D eigenvalue weighted by atomic mass is 31.2. The molecule has 55 heavy (non-hydrogen) atoms. The van der Waals surface area contributed by atoms with Crippen molar-refractivity contribution in [1.82, 2.24) is 0 Å². The van der Waals surface area contributed by atoms with Gasteiger partial charge in [-0.3, -0.25) is 13.8 Å². The fraction of sp³-hybridized carbons (Fsp3) is 0.761. The molecule has 0 aromatic rings. The third kappa shape index (κ3) is 43.2. The number of phosphoric acid groups is 1. The number of rotatable bonds is 40. The molecule has 320 valence electrons. The van der Waals surface area contributed by atoms with Crippen LogP contribution in [0, 0.1) is 0 Å². The zero-order chi connectivity index (χ0) is 40.6. The van der Waals surface area contributed by atoms with Crippen LogP contribution in [0.4, 0.5) is 0 Å².